The van der Waals surface area contributed by atoms with Crippen LogP contribution in [0.4, 0.5) is 0 Å². The van der Waals surface area contributed by atoms with Crippen LogP contribution in [0.5, 0.6) is 0 Å². The largest absolute Gasteiger partial charge is 0.358 e. The van der Waals surface area contributed by atoms with Crippen molar-refractivity contribution >= 4 is 23.6 Å². The molecule has 8 heteroatoms. The summed E-state index contributed by atoms with van der Waals surface area (Å²) in [5, 5.41) is 9.32. The second-order valence-corrected chi connectivity index (χ2v) is 3.36. The van der Waals surface area contributed by atoms with Crippen molar-refractivity contribution in [3.8, 4) is 0 Å². The summed E-state index contributed by atoms with van der Waals surface area (Å²) in [6.07, 6.45) is 0.292. The summed E-state index contributed by atoms with van der Waals surface area (Å²) >= 11 is 0. The number of nitrogens with one attached hydrogen (secondary N) is 4. The highest BCUT2D eigenvalue weighted by Crippen LogP contribution is 1.74. The SMILES string of the molecule is CCC(=O)NCC(=O)NCC(=O)NCC(=O)NC. The van der Waals surface area contributed by atoms with Crippen LogP contribution in [0, 0.1) is 0 Å². The highest BCUT2D eigenvalue weighted by atomic mass is 16.2. The van der Waals surface area contributed by atoms with E-state index in [0.717, 1.165) is 0 Å². The van der Waals surface area contributed by atoms with Gasteiger partial charge in [-0.25, -0.2) is 0 Å². The third-order valence-electron chi connectivity index (χ3n) is 1.94. The lowest BCUT2D eigenvalue weighted by molar-refractivity contribution is -0.128. The molecule has 8 nitrogen and oxygen atoms in total. The molecule has 102 valence electrons. The molecule has 18 heavy (non-hydrogen) atoms. The quantitative estimate of drug-likeness (QED) is 0.403. The van der Waals surface area contributed by atoms with Gasteiger partial charge in [0, 0.05) is 13.5 Å². The maximum absolute atomic E-state index is 11.2. The molecule has 0 saturated carbocycles. The van der Waals surface area contributed by atoms with Crippen molar-refractivity contribution in [3.63, 3.8) is 0 Å². The third kappa shape index (κ3) is 8.08. The zero-order chi connectivity index (χ0) is 14.0. The average Bonchev–Trinajstić information content (AvgIpc) is 2.39. The van der Waals surface area contributed by atoms with E-state index in [-0.39, 0.29) is 31.4 Å². The predicted octanol–water partition coefficient (Wildman–Crippen LogP) is -2.51. The monoisotopic (exact) mass is 258 g/mol. The van der Waals surface area contributed by atoms with Crippen LogP contribution >= 0.6 is 0 Å². The Labute approximate surface area is 105 Å². The van der Waals surface area contributed by atoms with E-state index in [0.29, 0.717) is 6.42 Å². The lowest BCUT2D eigenvalue weighted by atomic mass is 10.4. The lowest BCUT2D eigenvalue weighted by Gasteiger charge is -2.07. The molecule has 0 saturated heterocycles. The van der Waals surface area contributed by atoms with E-state index >= 15 is 0 Å². The Bertz CT molecular complexity index is 298. The van der Waals surface area contributed by atoms with E-state index in [9.17, 15) is 19.2 Å². The van der Waals surface area contributed by atoms with E-state index < -0.39 is 11.8 Å². The van der Waals surface area contributed by atoms with Gasteiger partial charge in [0.15, 0.2) is 0 Å². The van der Waals surface area contributed by atoms with E-state index in [4.69, 9.17) is 0 Å². The molecule has 0 bridgehead atoms. The predicted molar refractivity (Wildman–Crippen MR) is 63.4 cm³/mol. The topological polar surface area (TPSA) is 116 Å². The minimum atomic E-state index is -0.478. The van der Waals surface area contributed by atoms with Gasteiger partial charge in [0.25, 0.3) is 0 Å². The molecule has 0 aromatic heterocycles. The first-order valence-electron chi connectivity index (χ1n) is 5.50. The van der Waals surface area contributed by atoms with E-state index in [1.54, 1.807) is 6.92 Å². The molecular formula is C10H18N4O4. The zero-order valence-electron chi connectivity index (χ0n) is 10.5. The van der Waals surface area contributed by atoms with Crippen LogP contribution in [0.1, 0.15) is 13.3 Å². The molecule has 0 rings (SSSR count). The number of likely N-dealkylation sites (N-methyl/N-ethyl adjacent to an activating group) is 1. The molecule has 0 aromatic carbocycles. The summed E-state index contributed by atoms with van der Waals surface area (Å²) in [4.78, 5) is 44.0. The molecule has 0 aromatic rings. The number of amides is 4. The summed E-state index contributed by atoms with van der Waals surface area (Å²) < 4.78 is 0. The normalized spacial score (nSPS) is 9.22. The van der Waals surface area contributed by atoms with Crippen molar-refractivity contribution in [1.29, 1.82) is 0 Å². The Balaban J connectivity index is 3.68. The molecule has 0 aliphatic heterocycles. The minimum absolute atomic E-state index is 0.141. The highest BCUT2D eigenvalue weighted by Gasteiger charge is 2.07. The van der Waals surface area contributed by atoms with Gasteiger partial charge in [-0.05, 0) is 0 Å². The van der Waals surface area contributed by atoms with Crippen molar-refractivity contribution in [2.75, 3.05) is 26.7 Å². The first-order valence-corrected chi connectivity index (χ1v) is 5.50. The fraction of sp³-hybridized carbons (Fsp3) is 0.600. The van der Waals surface area contributed by atoms with Gasteiger partial charge >= 0.3 is 0 Å². The molecular weight excluding hydrogens is 240 g/mol. The molecule has 0 aliphatic rings. The van der Waals surface area contributed by atoms with Gasteiger partial charge in [0.05, 0.1) is 19.6 Å². The van der Waals surface area contributed by atoms with Crippen LogP contribution < -0.4 is 21.3 Å². The molecule has 4 amide bonds. The van der Waals surface area contributed by atoms with Crippen molar-refractivity contribution < 1.29 is 19.2 Å². The number of hydrogen-bond acceptors (Lipinski definition) is 4. The van der Waals surface area contributed by atoms with Gasteiger partial charge in [-0.3, -0.25) is 19.2 Å². The summed E-state index contributed by atoms with van der Waals surface area (Å²) in [6, 6.07) is 0. The Hall–Kier alpha value is -2.12. The summed E-state index contributed by atoms with van der Waals surface area (Å²) in [5.74, 6) is -1.51. The highest BCUT2D eigenvalue weighted by molar-refractivity contribution is 5.89. The first kappa shape index (κ1) is 15.9. The van der Waals surface area contributed by atoms with Crippen LogP contribution in [-0.4, -0.2) is 50.3 Å². The Kier molecular flexibility index (Phi) is 7.91. The Morgan fingerprint density at radius 3 is 1.50 bits per heavy atom. The summed E-state index contributed by atoms with van der Waals surface area (Å²) in [7, 11) is 1.45. The van der Waals surface area contributed by atoms with E-state index in [1.807, 2.05) is 0 Å². The molecule has 4 N–H and O–H groups in total. The minimum Gasteiger partial charge on any atom is -0.358 e. The van der Waals surface area contributed by atoms with E-state index in [1.165, 1.54) is 7.05 Å². The van der Waals surface area contributed by atoms with Crippen molar-refractivity contribution in [2.45, 2.75) is 13.3 Å². The van der Waals surface area contributed by atoms with Gasteiger partial charge in [-0.1, -0.05) is 6.92 Å². The van der Waals surface area contributed by atoms with E-state index in [2.05, 4.69) is 21.3 Å². The van der Waals surface area contributed by atoms with Crippen molar-refractivity contribution in [2.24, 2.45) is 0 Å². The second-order valence-electron chi connectivity index (χ2n) is 3.36. The van der Waals surface area contributed by atoms with Crippen LogP contribution in [0.3, 0.4) is 0 Å². The molecule has 0 unspecified atom stereocenters. The zero-order valence-corrected chi connectivity index (χ0v) is 10.5. The molecule has 0 atom stereocenters. The first-order chi connectivity index (χ1) is 8.49. The molecule has 0 aliphatic carbocycles. The molecule has 0 spiro atoms. The summed E-state index contributed by atoms with van der Waals surface area (Å²) in [5.41, 5.74) is 0. The molecule has 0 fully saturated rings. The van der Waals surface area contributed by atoms with Crippen LogP contribution in [0.2, 0.25) is 0 Å². The van der Waals surface area contributed by atoms with Gasteiger partial charge in [0.2, 0.25) is 23.6 Å². The Morgan fingerprint density at radius 2 is 1.11 bits per heavy atom. The summed E-state index contributed by atoms with van der Waals surface area (Å²) in [6.45, 7) is 1.12. The van der Waals surface area contributed by atoms with Crippen LogP contribution in [0.15, 0.2) is 0 Å². The smallest absolute Gasteiger partial charge is 0.239 e. The van der Waals surface area contributed by atoms with Gasteiger partial charge < -0.3 is 21.3 Å². The van der Waals surface area contributed by atoms with Crippen LogP contribution in [0.25, 0.3) is 0 Å². The fourth-order valence-corrected chi connectivity index (χ4v) is 0.875. The molecule has 0 heterocycles. The Morgan fingerprint density at radius 1 is 0.722 bits per heavy atom. The second kappa shape index (κ2) is 8.97. The number of hydrogen-bond donors (Lipinski definition) is 4. The number of carbonyl (C=O) groups is 4. The van der Waals surface area contributed by atoms with Crippen LogP contribution in [-0.2, 0) is 19.2 Å². The third-order valence-corrected chi connectivity index (χ3v) is 1.94. The maximum atomic E-state index is 11.2. The standard InChI is InChI=1S/C10H18N4O4/c1-3-7(15)12-5-9(17)14-6-10(18)13-4-8(16)11-2/h3-6H2,1-2H3,(H,11,16)(H,12,15)(H,13,18)(H,14,17). The van der Waals surface area contributed by atoms with Crippen molar-refractivity contribution in [1.82, 2.24) is 21.3 Å². The average molecular weight is 258 g/mol. The van der Waals surface area contributed by atoms with Crippen molar-refractivity contribution in [3.05, 3.63) is 0 Å². The fourth-order valence-electron chi connectivity index (χ4n) is 0.875. The number of rotatable bonds is 7. The van der Waals surface area contributed by atoms with Gasteiger partial charge in [-0.2, -0.15) is 0 Å². The van der Waals surface area contributed by atoms with Gasteiger partial charge in [0.1, 0.15) is 0 Å². The lowest BCUT2D eigenvalue weighted by Crippen LogP contribution is -2.43. The van der Waals surface area contributed by atoms with Gasteiger partial charge in [-0.15, -0.1) is 0 Å². The maximum Gasteiger partial charge on any atom is 0.239 e. The molecule has 0 radical (unpaired) electrons. The number of carbonyl (C=O) groups excluding carboxylic acids is 4.